The summed E-state index contributed by atoms with van der Waals surface area (Å²) in [7, 11) is 1.06. The third kappa shape index (κ3) is 3.60. The number of hydrogen-bond acceptors (Lipinski definition) is 5. The second-order valence-electron chi connectivity index (χ2n) is 3.24. The Morgan fingerprint density at radius 2 is 2.16 bits per heavy atom. The summed E-state index contributed by atoms with van der Waals surface area (Å²) >= 11 is 3.02. The summed E-state index contributed by atoms with van der Waals surface area (Å²) in [6, 6.07) is 1.85. The lowest BCUT2D eigenvalue weighted by Crippen LogP contribution is -2.09. The summed E-state index contributed by atoms with van der Waals surface area (Å²) in [4.78, 5) is 21.4. The van der Waals surface area contributed by atoms with E-state index in [0.29, 0.717) is 0 Å². The van der Waals surface area contributed by atoms with Gasteiger partial charge in [-0.05, 0) is 6.07 Å². The number of carbonyl (C=O) groups excluding carboxylic acids is 1. The number of rotatable bonds is 5. The van der Waals surface area contributed by atoms with Crippen molar-refractivity contribution in [3.05, 3.63) is 33.4 Å². The number of nitro groups is 1. The highest BCUT2D eigenvalue weighted by atomic mass is 79.9. The lowest BCUT2D eigenvalue weighted by molar-refractivity contribution is -0.385. The van der Waals surface area contributed by atoms with Gasteiger partial charge < -0.3 is 9.47 Å². The highest BCUT2D eigenvalue weighted by molar-refractivity contribution is 9.08. The second-order valence-corrected chi connectivity index (χ2v) is 3.80. The minimum Gasteiger partial charge on any atom is -0.465 e. The molecule has 19 heavy (non-hydrogen) atoms. The fourth-order valence-electron chi connectivity index (χ4n) is 1.35. The fraction of sp³-hybridized carbons (Fsp3) is 0.300. The van der Waals surface area contributed by atoms with Crippen molar-refractivity contribution in [3.8, 4) is 5.75 Å². The van der Waals surface area contributed by atoms with E-state index >= 15 is 0 Å². The van der Waals surface area contributed by atoms with E-state index in [-0.39, 0.29) is 22.2 Å². The van der Waals surface area contributed by atoms with Gasteiger partial charge in [-0.1, -0.05) is 15.9 Å². The molecule has 0 spiro atoms. The summed E-state index contributed by atoms with van der Waals surface area (Å²) in [6.45, 7) is -3.12. The number of nitrogens with zero attached hydrogens (tertiary/aromatic N) is 1. The van der Waals surface area contributed by atoms with Crippen molar-refractivity contribution in [2.24, 2.45) is 0 Å². The molecule has 0 aliphatic carbocycles. The Bertz CT molecular complexity index is 509. The van der Waals surface area contributed by atoms with E-state index in [1.807, 2.05) is 0 Å². The Labute approximate surface area is 114 Å². The summed E-state index contributed by atoms with van der Waals surface area (Å²) in [6.07, 6.45) is 0. The van der Waals surface area contributed by atoms with Gasteiger partial charge in [0, 0.05) is 10.9 Å². The van der Waals surface area contributed by atoms with Crippen molar-refractivity contribution < 1.29 is 28.0 Å². The van der Waals surface area contributed by atoms with Crippen LogP contribution in [0.3, 0.4) is 0 Å². The van der Waals surface area contributed by atoms with Crippen molar-refractivity contribution in [2.75, 3.05) is 7.11 Å². The topological polar surface area (TPSA) is 78.7 Å². The number of carbonyl (C=O) groups is 1. The van der Waals surface area contributed by atoms with E-state index in [1.54, 1.807) is 0 Å². The largest absolute Gasteiger partial charge is 0.465 e. The summed E-state index contributed by atoms with van der Waals surface area (Å²) in [5, 5.41) is 10.9. The maximum atomic E-state index is 12.2. The number of halogens is 3. The molecule has 1 rings (SSSR count). The van der Waals surface area contributed by atoms with E-state index in [9.17, 15) is 23.7 Å². The first-order chi connectivity index (χ1) is 8.90. The van der Waals surface area contributed by atoms with Gasteiger partial charge in [0.15, 0.2) is 0 Å². The zero-order chi connectivity index (χ0) is 14.6. The van der Waals surface area contributed by atoms with Crippen molar-refractivity contribution in [2.45, 2.75) is 11.9 Å². The molecule has 6 nitrogen and oxygen atoms in total. The summed E-state index contributed by atoms with van der Waals surface area (Å²) in [5.41, 5.74) is -0.818. The maximum Gasteiger partial charge on any atom is 0.387 e. The number of esters is 1. The van der Waals surface area contributed by atoms with Crippen LogP contribution in [-0.4, -0.2) is 24.6 Å². The third-order valence-electron chi connectivity index (χ3n) is 2.14. The Morgan fingerprint density at radius 3 is 2.58 bits per heavy atom. The van der Waals surface area contributed by atoms with Crippen LogP contribution in [0.5, 0.6) is 5.75 Å². The molecule has 0 unspecified atom stereocenters. The quantitative estimate of drug-likeness (QED) is 0.356. The molecule has 0 amide bonds. The van der Waals surface area contributed by atoms with E-state index in [4.69, 9.17) is 0 Å². The minimum absolute atomic E-state index is 0.0804. The summed E-state index contributed by atoms with van der Waals surface area (Å²) in [5.74, 6) is -1.30. The molecule has 0 aliphatic rings. The van der Waals surface area contributed by atoms with Gasteiger partial charge in [-0.15, -0.1) is 0 Å². The highest BCUT2D eigenvalue weighted by Crippen LogP contribution is 2.32. The highest BCUT2D eigenvalue weighted by Gasteiger charge is 2.25. The predicted molar refractivity (Wildman–Crippen MR) is 63.7 cm³/mol. The first-order valence-corrected chi connectivity index (χ1v) is 5.93. The van der Waals surface area contributed by atoms with Gasteiger partial charge in [-0.25, -0.2) is 4.79 Å². The first kappa shape index (κ1) is 15.3. The minimum atomic E-state index is -3.12. The Balaban J connectivity index is 3.41. The molecule has 0 heterocycles. The number of nitro benzene ring substituents is 1. The van der Waals surface area contributed by atoms with Crippen LogP contribution >= 0.6 is 15.9 Å². The molecular formula is C10H8BrF2NO5. The van der Waals surface area contributed by atoms with E-state index in [2.05, 4.69) is 25.4 Å². The van der Waals surface area contributed by atoms with Crippen LogP contribution in [0.4, 0.5) is 14.5 Å². The monoisotopic (exact) mass is 339 g/mol. The maximum absolute atomic E-state index is 12.2. The smallest absolute Gasteiger partial charge is 0.387 e. The van der Waals surface area contributed by atoms with Crippen LogP contribution in [0.15, 0.2) is 12.1 Å². The molecule has 0 atom stereocenters. The van der Waals surface area contributed by atoms with Crippen molar-refractivity contribution >= 4 is 27.6 Å². The zero-order valence-corrected chi connectivity index (χ0v) is 11.1. The standard InChI is InChI=1S/C10H8BrF2NO5/c1-18-9(15)6-2-5(4-11)8(19-10(12)13)3-7(6)14(16)17/h2-3,10H,4H2,1H3. The van der Waals surface area contributed by atoms with Crippen LogP contribution < -0.4 is 4.74 Å². The van der Waals surface area contributed by atoms with Crippen LogP contribution in [-0.2, 0) is 10.1 Å². The van der Waals surface area contributed by atoms with Gasteiger partial charge in [0.2, 0.25) is 0 Å². The number of methoxy groups -OCH3 is 1. The van der Waals surface area contributed by atoms with Crippen LogP contribution in [0.25, 0.3) is 0 Å². The van der Waals surface area contributed by atoms with Gasteiger partial charge in [-0.3, -0.25) is 10.1 Å². The second kappa shape index (κ2) is 6.41. The molecule has 0 N–H and O–H groups in total. The Kier molecular flexibility index (Phi) is 5.16. The van der Waals surface area contributed by atoms with E-state index in [1.165, 1.54) is 0 Å². The Morgan fingerprint density at radius 1 is 1.53 bits per heavy atom. The average molecular weight is 340 g/mol. The van der Waals surface area contributed by atoms with Crippen molar-refractivity contribution in [1.29, 1.82) is 0 Å². The normalized spacial score (nSPS) is 10.4. The van der Waals surface area contributed by atoms with Gasteiger partial charge in [0.1, 0.15) is 11.3 Å². The van der Waals surface area contributed by atoms with Gasteiger partial charge in [0.05, 0.1) is 18.1 Å². The van der Waals surface area contributed by atoms with Gasteiger partial charge in [-0.2, -0.15) is 8.78 Å². The molecule has 1 aromatic carbocycles. The summed E-state index contributed by atoms with van der Waals surface area (Å²) < 4.78 is 33.0. The molecule has 1 aromatic rings. The molecule has 0 fully saturated rings. The number of ether oxygens (including phenoxy) is 2. The van der Waals surface area contributed by atoms with Crippen molar-refractivity contribution in [1.82, 2.24) is 0 Å². The first-order valence-electron chi connectivity index (χ1n) is 4.81. The molecule has 0 aromatic heterocycles. The molecular weight excluding hydrogens is 332 g/mol. The molecule has 104 valence electrons. The lowest BCUT2D eigenvalue weighted by atomic mass is 10.1. The third-order valence-corrected chi connectivity index (χ3v) is 2.74. The van der Waals surface area contributed by atoms with Gasteiger partial charge in [0.25, 0.3) is 5.69 Å². The molecule has 0 aliphatic heterocycles. The average Bonchev–Trinajstić information content (AvgIpc) is 2.36. The van der Waals surface area contributed by atoms with Gasteiger partial charge >= 0.3 is 12.6 Å². The molecule has 0 bridgehead atoms. The number of alkyl halides is 3. The molecule has 9 heteroatoms. The van der Waals surface area contributed by atoms with Crippen LogP contribution in [0.2, 0.25) is 0 Å². The van der Waals surface area contributed by atoms with Crippen molar-refractivity contribution in [3.63, 3.8) is 0 Å². The SMILES string of the molecule is COC(=O)c1cc(CBr)c(OC(F)F)cc1[N+](=O)[O-]. The fourth-order valence-corrected chi connectivity index (χ4v) is 1.79. The molecule has 0 radical (unpaired) electrons. The number of benzene rings is 1. The molecule has 0 saturated heterocycles. The number of hydrogen-bond donors (Lipinski definition) is 0. The lowest BCUT2D eigenvalue weighted by Gasteiger charge is -2.10. The zero-order valence-electron chi connectivity index (χ0n) is 9.56. The van der Waals surface area contributed by atoms with Crippen LogP contribution in [0, 0.1) is 10.1 Å². The Hall–Kier alpha value is -1.77. The van der Waals surface area contributed by atoms with Crippen LogP contribution in [0.1, 0.15) is 15.9 Å². The predicted octanol–water partition coefficient (Wildman–Crippen LogP) is 2.88. The van der Waals surface area contributed by atoms with E-state index in [0.717, 1.165) is 19.2 Å². The molecule has 0 saturated carbocycles. The van der Waals surface area contributed by atoms with E-state index < -0.39 is 23.2 Å².